The number of alkyl halides is 6. The SMILES string of the molecule is CC1C(C(F)(F)F)=C(n2cnc(C(F)(F)I)c2)C=C2C(=O)N(NS(C)(=O)=O)C(=O)NC21. The highest BCUT2D eigenvalue weighted by Gasteiger charge is 2.50. The van der Waals surface area contributed by atoms with Crippen molar-refractivity contribution >= 4 is 50.2 Å². The van der Waals surface area contributed by atoms with Gasteiger partial charge in [-0.25, -0.2) is 18.2 Å². The van der Waals surface area contributed by atoms with Gasteiger partial charge in [0, 0.05) is 40.3 Å². The summed E-state index contributed by atoms with van der Waals surface area (Å²) in [6, 6.07) is -2.68. The van der Waals surface area contributed by atoms with E-state index >= 15 is 0 Å². The van der Waals surface area contributed by atoms with Crippen LogP contribution in [0, 0.1) is 5.92 Å². The van der Waals surface area contributed by atoms with Crippen molar-refractivity contribution in [3.05, 3.63) is 35.4 Å². The number of rotatable bonds is 4. The number of sulfonamides is 1. The molecule has 3 amide bonds. The summed E-state index contributed by atoms with van der Waals surface area (Å²) in [7, 11) is -4.08. The van der Waals surface area contributed by atoms with E-state index in [-0.39, 0.29) is 10.6 Å². The van der Waals surface area contributed by atoms with E-state index in [0.29, 0.717) is 17.0 Å². The van der Waals surface area contributed by atoms with Crippen LogP contribution < -0.4 is 10.1 Å². The van der Waals surface area contributed by atoms with Crippen molar-refractivity contribution in [2.24, 2.45) is 5.92 Å². The van der Waals surface area contributed by atoms with E-state index in [1.807, 2.05) is 0 Å². The van der Waals surface area contributed by atoms with Crippen molar-refractivity contribution in [2.75, 3.05) is 6.26 Å². The Bertz CT molecular complexity index is 1120. The van der Waals surface area contributed by atoms with Crippen molar-refractivity contribution in [1.29, 1.82) is 0 Å². The second-order valence-electron chi connectivity index (χ2n) is 6.78. The number of urea groups is 1. The van der Waals surface area contributed by atoms with E-state index < -0.39 is 61.0 Å². The molecule has 16 heteroatoms. The van der Waals surface area contributed by atoms with Gasteiger partial charge < -0.3 is 9.88 Å². The number of amides is 3. The summed E-state index contributed by atoms with van der Waals surface area (Å²) in [5.41, 5.74) is -3.02. The molecule has 3 rings (SSSR count). The first-order valence-electron chi connectivity index (χ1n) is 8.27. The highest BCUT2D eigenvalue weighted by atomic mass is 127. The number of carbonyl (C=O) groups is 2. The summed E-state index contributed by atoms with van der Waals surface area (Å²) in [5, 5.41) is 2.28. The Morgan fingerprint density at radius 2 is 1.84 bits per heavy atom. The van der Waals surface area contributed by atoms with Crippen LogP contribution >= 0.6 is 22.6 Å². The number of aromatic nitrogens is 2. The fourth-order valence-corrected chi connectivity index (χ4v) is 4.04. The third kappa shape index (κ3) is 4.59. The van der Waals surface area contributed by atoms with E-state index in [9.17, 15) is 40.0 Å². The van der Waals surface area contributed by atoms with Crippen LogP contribution in [0.3, 0.4) is 0 Å². The molecule has 0 aromatic carbocycles. The first-order chi connectivity index (χ1) is 14.0. The fraction of sp³-hybridized carbons (Fsp3) is 0.400. The molecule has 0 saturated carbocycles. The van der Waals surface area contributed by atoms with Crippen molar-refractivity contribution in [3.8, 4) is 0 Å². The smallest absolute Gasteiger partial charge is 0.329 e. The number of nitrogens with zero attached hydrogens (tertiary/aromatic N) is 3. The van der Waals surface area contributed by atoms with E-state index in [2.05, 4.69) is 10.3 Å². The van der Waals surface area contributed by atoms with Crippen LogP contribution in [0.1, 0.15) is 12.6 Å². The monoisotopic (exact) mass is 581 g/mol. The van der Waals surface area contributed by atoms with Gasteiger partial charge in [0.2, 0.25) is 10.0 Å². The van der Waals surface area contributed by atoms with Crippen LogP contribution in [0.5, 0.6) is 0 Å². The molecule has 1 aromatic heterocycles. The van der Waals surface area contributed by atoms with Crippen LogP contribution in [0.4, 0.5) is 26.7 Å². The Morgan fingerprint density at radius 1 is 1.23 bits per heavy atom. The standard InChI is InChI=1S/C15H13F5IN5O4S/c1-6-10(14(16,17)18)8(25-4-9(22-5-25)15(19,20)21)3-7-11(6)23-13(28)26(12(7)27)24-31(2,29)30/h3-6,11,24H,1-2H3,(H,23,28). The van der Waals surface area contributed by atoms with Gasteiger partial charge in [-0.2, -0.15) is 27.0 Å². The van der Waals surface area contributed by atoms with E-state index in [1.165, 1.54) is 0 Å². The highest BCUT2D eigenvalue weighted by Crippen LogP contribution is 2.44. The molecule has 2 heterocycles. The normalized spacial score (nSPS) is 23.0. The minimum Gasteiger partial charge on any atom is -0.329 e. The highest BCUT2D eigenvalue weighted by molar-refractivity contribution is 14.1. The second-order valence-corrected chi connectivity index (χ2v) is 9.86. The molecule has 0 radical (unpaired) electrons. The lowest BCUT2D eigenvalue weighted by molar-refractivity contribution is -0.127. The van der Waals surface area contributed by atoms with Gasteiger partial charge in [-0.3, -0.25) is 4.79 Å². The van der Waals surface area contributed by atoms with Gasteiger partial charge in [0.1, 0.15) is 5.69 Å². The number of hydrogen-bond donors (Lipinski definition) is 2. The summed E-state index contributed by atoms with van der Waals surface area (Å²) >= 11 is 0.766. The number of halogens is 6. The van der Waals surface area contributed by atoms with E-state index in [0.717, 1.165) is 41.9 Å². The molecule has 2 aliphatic rings. The number of imidazole rings is 1. The lowest BCUT2D eigenvalue weighted by Gasteiger charge is -2.39. The number of fused-ring (bicyclic) bond motifs is 1. The predicted molar refractivity (Wildman–Crippen MR) is 104 cm³/mol. The van der Waals surface area contributed by atoms with Gasteiger partial charge >= 0.3 is 16.1 Å². The quantitative estimate of drug-likeness (QED) is 0.322. The van der Waals surface area contributed by atoms with Crippen molar-refractivity contribution in [2.45, 2.75) is 23.1 Å². The number of nitrogens with one attached hydrogen (secondary N) is 2. The molecule has 170 valence electrons. The summed E-state index contributed by atoms with van der Waals surface area (Å²) in [6.07, 6.45) is -2.07. The Hall–Kier alpha value is -2.08. The fourth-order valence-electron chi connectivity index (χ4n) is 3.27. The molecule has 9 nitrogen and oxygen atoms in total. The third-order valence-corrected chi connectivity index (χ3v) is 5.57. The summed E-state index contributed by atoms with van der Waals surface area (Å²) in [4.78, 5) is 30.0. The molecule has 31 heavy (non-hydrogen) atoms. The number of carbonyl (C=O) groups excluding carboxylic acids is 2. The molecule has 2 unspecified atom stereocenters. The Kier molecular flexibility index (Phi) is 5.71. The maximum Gasteiger partial charge on any atom is 0.415 e. The minimum atomic E-state index is -4.94. The Labute approximate surface area is 185 Å². The molecule has 1 saturated heterocycles. The largest absolute Gasteiger partial charge is 0.415 e. The zero-order valence-corrected chi connectivity index (χ0v) is 18.5. The number of hydrazine groups is 1. The average Bonchev–Trinajstić information content (AvgIpc) is 3.07. The van der Waals surface area contributed by atoms with Crippen LogP contribution in [0.15, 0.2) is 29.7 Å². The molecule has 0 spiro atoms. The zero-order valence-electron chi connectivity index (χ0n) is 15.5. The van der Waals surface area contributed by atoms with Crippen LogP contribution in [-0.2, 0) is 18.7 Å². The van der Waals surface area contributed by atoms with Crippen molar-refractivity contribution < 1.29 is 40.0 Å². The topological polar surface area (TPSA) is 113 Å². The molecule has 1 aliphatic carbocycles. The number of imide groups is 1. The third-order valence-electron chi connectivity index (χ3n) is 4.50. The maximum absolute atomic E-state index is 13.9. The average molecular weight is 581 g/mol. The summed E-state index contributed by atoms with van der Waals surface area (Å²) < 4.78 is 88.7. The lowest BCUT2D eigenvalue weighted by Crippen LogP contribution is -2.63. The van der Waals surface area contributed by atoms with Gasteiger partial charge in [-0.05, 0) is 6.08 Å². The summed E-state index contributed by atoms with van der Waals surface area (Å²) in [6.45, 7) is 1.10. The van der Waals surface area contributed by atoms with Crippen molar-refractivity contribution in [1.82, 2.24) is 24.7 Å². The van der Waals surface area contributed by atoms with Gasteiger partial charge in [0.15, 0.2) is 0 Å². The first kappa shape index (κ1) is 23.6. The van der Waals surface area contributed by atoms with Gasteiger partial charge in [0.05, 0.1) is 29.9 Å². The van der Waals surface area contributed by atoms with E-state index in [4.69, 9.17) is 0 Å². The van der Waals surface area contributed by atoms with Gasteiger partial charge in [-0.15, -0.1) is 4.83 Å². The molecule has 1 aromatic rings. The van der Waals surface area contributed by atoms with Crippen molar-refractivity contribution in [3.63, 3.8) is 0 Å². The van der Waals surface area contributed by atoms with E-state index in [1.54, 1.807) is 4.83 Å². The Morgan fingerprint density at radius 3 is 2.32 bits per heavy atom. The van der Waals surface area contributed by atoms with Crippen LogP contribution in [-0.4, -0.2) is 53.4 Å². The molecule has 2 N–H and O–H groups in total. The molecule has 2 atom stereocenters. The molecule has 1 fully saturated rings. The zero-order chi connectivity index (χ0) is 23.5. The molecule has 0 bridgehead atoms. The van der Waals surface area contributed by atoms with Crippen LogP contribution in [0.25, 0.3) is 5.70 Å². The maximum atomic E-state index is 13.9. The van der Waals surface area contributed by atoms with Crippen LogP contribution in [0.2, 0.25) is 0 Å². The second kappa shape index (κ2) is 7.51. The minimum absolute atomic E-state index is 0.110. The van der Waals surface area contributed by atoms with Gasteiger partial charge in [-0.1, -0.05) is 6.92 Å². The number of hydrogen-bond acceptors (Lipinski definition) is 5. The lowest BCUT2D eigenvalue weighted by atomic mass is 9.80. The Balaban J connectivity index is 2.17. The predicted octanol–water partition coefficient (Wildman–Crippen LogP) is 2.10. The molecular weight excluding hydrogens is 568 g/mol. The summed E-state index contributed by atoms with van der Waals surface area (Å²) in [5.74, 6) is -2.71. The number of allylic oxidation sites excluding steroid dienone is 2. The van der Waals surface area contributed by atoms with Gasteiger partial charge in [0.25, 0.3) is 5.91 Å². The first-order valence-corrected chi connectivity index (χ1v) is 11.2. The molecular formula is C15H13F5IN5O4S. The molecule has 1 aliphatic heterocycles.